The zero-order valence-corrected chi connectivity index (χ0v) is 16.8. The fraction of sp³-hybridized carbons (Fsp3) is 0.0833. The molecular formula is C24H17ClN2O3. The standard InChI is InChI=1S/C24H17ClN2O3/c1-30-23(29)24(22(28)17-12-11-15(25)13-19(17)27-24)20-16-9-5-6-10-18(16)26-21(20)14-7-3-2-4-8-14/h2-13,26-27H,1H3. The predicted molar refractivity (Wildman–Crippen MR) is 117 cm³/mol. The summed E-state index contributed by atoms with van der Waals surface area (Å²) in [7, 11) is 1.28. The molecule has 3 aromatic carbocycles. The third-order valence-corrected chi connectivity index (χ3v) is 5.76. The van der Waals surface area contributed by atoms with Gasteiger partial charge in [-0.3, -0.25) is 4.79 Å². The molecule has 0 aliphatic carbocycles. The molecule has 0 fully saturated rings. The number of aromatic nitrogens is 1. The quantitative estimate of drug-likeness (QED) is 0.357. The number of esters is 1. The van der Waals surface area contributed by atoms with E-state index in [1.54, 1.807) is 18.2 Å². The van der Waals surface area contributed by atoms with Crippen LogP contribution in [0.15, 0.2) is 72.8 Å². The minimum absolute atomic E-state index is 0.372. The maximum Gasteiger partial charge on any atom is 0.344 e. The lowest BCUT2D eigenvalue weighted by molar-refractivity contribution is -0.144. The van der Waals surface area contributed by atoms with Gasteiger partial charge in [0.2, 0.25) is 11.3 Å². The lowest BCUT2D eigenvalue weighted by Gasteiger charge is -2.27. The van der Waals surface area contributed by atoms with Gasteiger partial charge in [-0.05, 0) is 29.8 Å². The van der Waals surface area contributed by atoms with E-state index in [0.29, 0.717) is 27.5 Å². The van der Waals surface area contributed by atoms with Crippen molar-refractivity contribution < 1.29 is 14.3 Å². The summed E-state index contributed by atoms with van der Waals surface area (Å²) in [6.45, 7) is 0. The summed E-state index contributed by atoms with van der Waals surface area (Å²) in [5.74, 6) is -1.05. The first-order chi connectivity index (χ1) is 14.6. The van der Waals surface area contributed by atoms with Gasteiger partial charge in [-0.25, -0.2) is 4.79 Å². The van der Waals surface area contributed by atoms with Crippen LogP contribution in [0.3, 0.4) is 0 Å². The van der Waals surface area contributed by atoms with Crippen LogP contribution in [0.1, 0.15) is 15.9 Å². The molecule has 1 aromatic heterocycles. The fourth-order valence-corrected chi connectivity index (χ4v) is 4.38. The van der Waals surface area contributed by atoms with Crippen LogP contribution in [0.5, 0.6) is 0 Å². The Morgan fingerprint density at radius 1 is 1.00 bits per heavy atom. The zero-order valence-electron chi connectivity index (χ0n) is 16.0. The van der Waals surface area contributed by atoms with E-state index < -0.39 is 11.5 Å². The molecule has 0 amide bonds. The summed E-state index contributed by atoms with van der Waals surface area (Å²) >= 11 is 6.15. The van der Waals surface area contributed by atoms with Crippen LogP contribution in [0.25, 0.3) is 22.2 Å². The van der Waals surface area contributed by atoms with Gasteiger partial charge in [0.25, 0.3) is 0 Å². The van der Waals surface area contributed by atoms with E-state index >= 15 is 0 Å². The van der Waals surface area contributed by atoms with E-state index in [2.05, 4.69) is 10.3 Å². The van der Waals surface area contributed by atoms with Crippen molar-refractivity contribution in [2.75, 3.05) is 12.4 Å². The monoisotopic (exact) mass is 416 g/mol. The number of ether oxygens (including phenoxy) is 1. The molecule has 1 aliphatic heterocycles. The van der Waals surface area contributed by atoms with E-state index in [1.165, 1.54) is 7.11 Å². The van der Waals surface area contributed by atoms with Crippen molar-refractivity contribution in [3.05, 3.63) is 88.9 Å². The van der Waals surface area contributed by atoms with Gasteiger partial charge in [0, 0.05) is 32.7 Å². The first-order valence-electron chi connectivity index (χ1n) is 9.44. The van der Waals surface area contributed by atoms with Gasteiger partial charge < -0.3 is 15.0 Å². The Hall–Kier alpha value is -3.57. The Balaban J connectivity index is 1.87. The van der Waals surface area contributed by atoms with Crippen molar-refractivity contribution in [2.24, 2.45) is 0 Å². The van der Waals surface area contributed by atoms with Crippen molar-refractivity contribution in [1.29, 1.82) is 0 Å². The van der Waals surface area contributed by atoms with Crippen molar-refractivity contribution in [3.63, 3.8) is 0 Å². The average Bonchev–Trinajstić information content (AvgIpc) is 3.30. The maximum absolute atomic E-state index is 13.7. The largest absolute Gasteiger partial charge is 0.467 e. The molecule has 0 bridgehead atoms. The van der Waals surface area contributed by atoms with Crippen molar-refractivity contribution in [1.82, 2.24) is 4.98 Å². The number of methoxy groups -OCH3 is 1. The molecule has 0 spiro atoms. The highest BCUT2D eigenvalue weighted by molar-refractivity contribution is 6.32. The van der Waals surface area contributed by atoms with Crippen LogP contribution in [-0.2, 0) is 15.1 Å². The Morgan fingerprint density at radius 3 is 2.50 bits per heavy atom. The number of carbonyl (C=O) groups is 2. The lowest BCUT2D eigenvalue weighted by Crippen LogP contribution is -2.47. The van der Waals surface area contributed by atoms with E-state index in [1.807, 2.05) is 54.6 Å². The number of benzene rings is 3. The molecule has 5 nitrogen and oxygen atoms in total. The lowest BCUT2D eigenvalue weighted by atomic mass is 9.82. The smallest absolute Gasteiger partial charge is 0.344 e. The molecular weight excluding hydrogens is 400 g/mol. The average molecular weight is 417 g/mol. The number of ketones is 1. The molecule has 1 aliphatic rings. The van der Waals surface area contributed by atoms with Crippen molar-refractivity contribution >= 4 is 39.9 Å². The van der Waals surface area contributed by atoms with Gasteiger partial charge >= 0.3 is 5.97 Å². The fourth-order valence-electron chi connectivity index (χ4n) is 4.21. The normalized spacial score (nSPS) is 17.6. The second-order valence-corrected chi connectivity index (χ2v) is 7.61. The Kier molecular flexibility index (Phi) is 4.15. The van der Waals surface area contributed by atoms with Crippen molar-refractivity contribution in [3.8, 4) is 11.3 Å². The second-order valence-electron chi connectivity index (χ2n) is 7.17. The highest BCUT2D eigenvalue weighted by Crippen LogP contribution is 2.47. The van der Waals surface area contributed by atoms with E-state index in [4.69, 9.17) is 16.3 Å². The number of para-hydroxylation sites is 1. The van der Waals surface area contributed by atoms with Crippen LogP contribution >= 0.6 is 11.6 Å². The van der Waals surface area contributed by atoms with Crippen LogP contribution in [-0.4, -0.2) is 23.8 Å². The molecule has 0 saturated carbocycles. The van der Waals surface area contributed by atoms with Crippen LogP contribution < -0.4 is 5.32 Å². The van der Waals surface area contributed by atoms with E-state index in [0.717, 1.165) is 16.5 Å². The number of hydrogen-bond acceptors (Lipinski definition) is 4. The first kappa shape index (κ1) is 18.5. The number of nitrogens with one attached hydrogen (secondary N) is 2. The second kappa shape index (κ2) is 6.75. The molecule has 0 saturated heterocycles. The summed E-state index contributed by atoms with van der Waals surface area (Å²) < 4.78 is 5.16. The zero-order chi connectivity index (χ0) is 20.9. The number of hydrogen-bond donors (Lipinski definition) is 2. The highest BCUT2D eigenvalue weighted by Gasteiger charge is 2.56. The summed E-state index contributed by atoms with van der Waals surface area (Å²) in [6.07, 6.45) is 0. The first-order valence-corrected chi connectivity index (χ1v) is 9.81. The van der Waals surface area contributed by atoms with Gasteiger partial charge in [-0.1, -0.05) is 60.1 Å². The molecule has 0 radical (unpaired) electrons. The summed E-state index contributed by atoms with van der Waals surface area (Å²) in [6, 6.07) is 22.1. The highest BCUT2D eigenvalue weighted by atomic mass is 35.5. The van der Waals surface area contributed by atoms with Gasteiger partial charge in [0.1, 0.15) is 0 Å². The Bertz CT molecular complexity index is 1310. The van der Waals surface area contributed by atoms with E-state index in [-0.39, 0.29) is 5.78 Å². The van der Waals surface area contributed by atoms with Gasteiger partial charge in [0.05, 0.1) is 12.8 Å². The SMILES string of the molecule is COC(=O)C1(c2c(-c3ccccc3)[nH]c3ccccc23)Nc2cc(Cl)ccc2C1=O. The minimum atomic E-state index is -1.73. The Morgan fingerprint density at radius 2 is 1.73 bits per heavy atom. The van der Waals surface area contributed by atoms with Gasteiger partial charge in [0.15, 0.2) is 0 Å². The third-order valence-electron chi connectivity index (χ3n) is 5.52. The van der Waals surface area contributed by atoms with Crippen LogP contribution in [0.2, 0.25) is 5.02 Å². The van der Waals surface area contributed by atoms with Crippen molar-refractivity contribution in [2.45, 2.75) is 5.54 Å². The number of carbonyl (C=O) groups excluding carboxylic acids is 2. The minimum Gasteiger partial charge on any atom is -0.467 e. The van der Waals surface area contributed by atoms with Crippen LogP contribution in [0, 0.1) is 0 Å². The third kappa shape index (κ3) is 2.49. The van der Waals surface area contributed by atoms with Gasteiger partial charge in [-0.2, -0.15) is 0 Å². The molecule has 2 heterocycles. The molecule has 6 heteroatoms. The van der Waals surface area contributed by atoms with Gasteiger partial charge in [-0.15, -0.1) is 0 Å². The molecule has 5 rings (SSSR count). The number of anilines is 1. The Labute approximate surface area is 177 Å². The number of rotatable bonds is 3. The molecule has 1 atom stereocenters. The maximum atomic E-state index is 13.7. The summed E-state index contributed by atoms with van der Waals surface area (Å²) in [5, 5.41) is 4.40. The topological polar surface area (TPSA) is 71.2 Å². The number of Topliss-reactive ketones (excluding diaryl/α,β-unsaturated/α-hetero) is 1. The number of H-pyrrole nitrogens is 1. The summed E-state index contributed by atoms with van der Waals surface area (Å²) in [5.41, 5.74) is 2.06. The molecule has 30 heavy (non-hydrogen) atoms. The predicted octanol–water partition coefficient (Wildman–Crippen LogP) is 5.17. The summed E-state index contributed by atoms with van der Waals surface area (Å²) in [4.78, 5) is 30.4. The molecule has 4 aromatic rings. The molecule has 1 unspecified atom stereocenters. The number of fused-ring (bicyclic) bond motifs is 2. The molecule has 148 valence electrons. The van der Waals surface area contributed by atoms with Crippen LogP contribution in [0.4, 0.5) is 5.69 Å². The number of halogens is 1. The molecule has 2 N–H and O–H groups in total. The van der Waals surface area contributed by atoms with E-state index in [9.17, 15) is 9.59 Å². The number of aromatic amines is 1.